The third-order valence-electron chi connectivity index (χ3n) is 3.63. The second-order valence-corrected chi connectivity index (χ2v) is 9.08. The number of carboxylic acid groups (broad SMARTS) is 1. The lowest BCUT2D eigenvalue weighted by Gasteiger charge is -2.16. The maximum Gasteiger partial charge on any atom is 0.335 e. The monoisotopic (exact) mass is 417 g/mol. The van der Waals surface area contributed by atoms with E-state index in [-0.39, 0.29) is 11.0 Å². The van der Waals surface area contributed by atoms with E-state index in [1.807, 2.05) is 11.6 Å². The first-order chi connectivity index (χ1) is 13.3. The highest BCUT2D eigenvalue weighted by Crippen LogP contribution is 2.35. The van der Waals surface area contributed by atoms with Crippen molar-refractivity contribution in [2.45, 2.75) is 35.7 Å². The highest BCUT2D eigenvalue weighted by atomic mass is 32.2. The van der Waals surface area contributed by atoms with Gasteiger partial charge in [-0.3, -0.25) is 5.10 Å². The Hall–Kier alpha value is -2.79. The van der Waals surface area contributed by atoms with Crippen LogP contribution >= 0.6 is 23.1 Å². The fourth-order valence-electron chi connectivity index (χ4n) is 2.38. The van der Waals surface area contributed by atoms with Gasteiger partial charge in [0.1, 0.15) is 18.5 Å². The molecule has 28 heavy (non-hydrogen) atoms. The number of thiazole rings is 1. The summed E-state index contributed by atoms with van der Waals surface area (Å²) in [5.74, 6) is -0.0214. The molecule has 0 saturated carbocycles. The summed E-state index contributed by atoms with van der Waals surface area (Å²) in [6.45, 7) is 6.28. The van der Waals surface area contributed by atoms with Crippen molar-refractivity contribution in [3.05, 3.63) is 42.2 Å². The van der Waals surface area contributed by atoms with Crippen molar-refractivity contribution in [3.8, 4) is 0 Å². The number of hydrogen-bond acceptors (Lipinski definition) is 8. The molecule has 0 radical (unpaired) electrons. The van der Waals surface area contributed by atoms with Gasteiger partial charge in [0, 0.05) is 12.5 Å². The van der Waals surface area contributed by atoms with E-state index in [1.165, 1.54) is 35.8 Å². The van der Waals surface area contributed by atoms with E-state index in [0.717, 1.165) is 25.5 Å². The highest BCUT2D eigenvalue weighted by Gasteiger charge is 2.23. The minimum absolute atomic E-state index is 0.0788. The number of fused-ring (bicyclic) bond motifs is 1. The van der Waals surface area contributed by atoms with Crippen molar-refractivity contribution < 1.29 is 9.90 Å². The lowest BCUT2D eigenvalue weighted by atomic mass is 9.96. The summed E-state index contributed by atoms with van der Waals surface area (Å²) in [4.78, 5) is 19.1. The number of hydrogen-bond donors (Lipinski definition) is 2. The summed E-state index contributed by atoms with van der Waals surface area (Å²) in [6.07, 6.45) is 2.96. The van der Waals surface area contributed by atoms with Gasteiger partial charge in [-0.05, 0) is 30.0 Å². The molecule has 0 fully saturated rings. The summed E-state index contributed by atoms with van der Waals surface area (Å²) < 4.78 is 3.64. The van der Waals surface area contributed by atoms with Gasteiger partial charge in [0.2, 0.25) is 0 Å². The zero-order chi connectivity index (χ0) is 20.3. The molecule has 0 aliphatic rings. The molecule has 0 amide bonds. The Morgan fingerprint density at radius 2 is 2.07 bits per heavy atom. The number of aromatic carboxylic acids is 1. The number of rotatable bonds is 3. The van der Waals surface area contributed by atoms with E-state index < -0.39 is 5.97 Å². The van der Waals surface area contributed by atoms with Crippen LogP contribution in [-0.4, -0.2) is 46.0 Å². The molecule has 11 heteroatoms. The van der Waals surface area contributed by atoms with Crippen LogP contribution in [0.25, 0.3) is 10.2 Å². The Bertz CT molecular complexity index is 1060. The van der Waals surface area contributed by atoms with Crippen molar-refractivity contribution in [3.63, 3.8) is 0 Å². The third kappa shape index (κ3) is 4.54. The molecule has 0 saturated heterocycles. The van der Waals surface area contributed by atoms with Gasteiger partial charge < -0.3 is 9.67 Å². The summed E-state index contributed by atoms with van der Waals surface area (Å²) in [5.41, 5.74) is 0.983. The van der Waals surface area contributed by atoms with Gasteiger partial charge in [-0.15, -0.1) is 21.5 Å². The first kappa shape index (κ1) is 20.0. The Morgan fingerprint density at radius 1 is 1.29 bits per heavy atom. The van der Waals surface area contributed by atoms with E-state index in [9.17, 15) is 4.79 Å². The molecule has 1 aromatic carbocycles. The van der Waals surface area contributed by atoms with E-state index in [4.69, 9.17) is 5.11 Å². The lowest BCUT2D eigenvalue weighted by molar-refractivity contribution is 0.0697. The second-order valence-electron chi connectivity index (χ2n) is 6.84. The molecular formula is C17H19N7O2S2. The van der Waals surface area contributed by atoms with Crippen molar-refractivity contribution in [1.82, 2.24) is 34.9 Å². The standard InChI is InChI=1S/C15H16N4O2S2.C2H3N3/c1-15(2,3)12-17-18-13(19(12)4)23-14-16-9-6-5-8(11(20)21)7-10(9)22-14;1-3-2-5-4-1/h5-7H,1-4H3,(H,20,21);1-2H,(H,3,4,5). The van der Waals surface area contributed by atoms with Crippen LogP contribution in [-0.2, 0) is 12.5 Å². The quantitative estimate of drug-likeness (QED) is 0.520. The molecule has 0 unspecified atom stereocenters. The first-order valence-electron chi connectivity index (χ1n) is 8.26. The summed E-state index contributed by atoms with van der Waals surface area (Å²) in [5, 5.41) is 24.3. The normalized spacial score (nSPS) is 11.3. The topological polar surface area (TPSA) is 122 Å². The van der Waals surface area contributed by atoms with Gasteiger partial charge in [0.05, 0.1) is 15.8 Å². The number of aromatic amines is 1. The third-order valence-corrected chi connectivity index (χ3v) is 5.75. The highest BCUT2D eigenvalue weighted by molar-refractivity contribution is 8.01. The van der Waals surface area contributed by atoms with Crippen molar-refractivity contribution in [1.29, 1.82) is 0 Å². The predicted octanol–water partition coefficient (Wildman–Crippen LogP) is 3.38. The van der Waals surface area contributed by atoms with Crippen LogP contribution in [0, 0.1) is 0 Å². The van der Waals surface area contributed by atoms with Crippen molar-refractivity contribution in [2.75, 3.05) is 0 Å². The van der Waals surface area contributed by atoms with Gasteiger partial charge in [-0.1, -0.05) is 20.8 Å². The van der Waals surface area contributed by atoms with E-state index >= 15 is 0 Å². The molecule has 4 aromatic rings. The van der Waals surface area contributed by atoms with Crippen LogP contribution < -0.4 is 0 Å². The van der Waals surface area contributed by atoms with Crippen LogP contribution in [0.4, 0.5) is 0 Å². The zero-order valence-electron chi connectivity index (χ0n) is 15.7. The van der Waals surface area contributed by atoms with E-state index in [0.29, 0.717) is 0 Å². The minimum Gasteiger partial charge on any atom is -0.478 e. The van der Waals surface area contributed by atoms with Crippen LogP contribution in [0.2, 0.25) is 0 Å². The predicted molar refractivity (Wildman–Crippen MR) is 107 cm³/mol. The fraction of sp³-hybridized carbons (Fsp3) is 0.294. The lowest BCUT2D eigenvalue weighted by Crippen LogP contribution is -2.17. The van der Waals surface area contributed by atoms with Gasteiger partial charge in [-0.25, -0.2) is 14.8 Å². The van der Waals surface area contributed by atoms with Crippen LogP contribution in [0.1, 0.15) is 37.0 Å². The number of aromatic nitrogens is 7. The van der Waals surface area contributed by atoms with Gasteiger partial charge in [0.25, 0.3) is 0 Å². The van der Waals surface area contributed by atoms with Gasteiger partial charge in [-0.2, -0.15) is 5.10 Å². The number of nitrogens with one attached hydrogen (secondary N) is 1. The number of H-pyrrole nitrogens is 1. The molecule has 146 valence electrons. The maximum absolute atomic E-state index is 11.0. The smallest absolute Gasteiger partial charge is 0.335 e. The molecule has 4 rings (SSSR count). The Kier molecular flexibility index (Phi) is 5.75. The van der Waals surface area contributed by atoms with Crippen molar-refractivity contribution in [2.24, 2.45) is 7.05 Å². The number of carbonyl (C=O) groups is 1. The number of carboxylic acids is 1. The van der Waals surface area contributed by atoms with Crippen LogP contribution in [0.15, 0.2) is 40.3 Å². The molecule has 9 nitrogen and oxygen atoms in total. The Labute approximate surface area is 169 Å². The summed E-state index contributed by atoms with van der Waals surface area (Å²) in [6, 6.07) is 4.95. The molecule has 0 aliphatic carbocycles. The largest absolute Gasteiger partial charge is 0.478 e. The molecule has 0 bridgehead atoms. The first-order valence-corrected chi connectivity index (χ1v) is 9.89. The second kappa shape index (κ2) is 8.07. The number of benzene rings is 1. The molecule has 3 aromatic heterocycles. The zero-order valence-corrected chi connectivity index (χ0v) is 17.4. The molecule has 0 atom stereocenters. The molecule has 2 N–H and O–H groups in total. The van der Waals surface area contributed by atoms with Gasteiger partial charge >= 0.3 is 5.97 Å². The molecule has 3 heterocycles. The molecule has 0 aliphatic heterocycles. The average molecular weight is 418 g/mol. The summed E-state index contributed by atoms with van der Waals surface area (Å²) >= 11 is 2.90. The fourth-order valence-corrected chi connectivity index (χ4v) is 4.38. The van der Waals surface area contributed by atoms with E-state index in [2.05, 4.69) is 51.1 Å². The average Bonchev–Trinajstić information content (AvgIpc) is 3.36. The Morgan fingerprint density at radius 3 is 2.61 bits per heavy atom. The maximum atomic E-state index is 11.0. The van der Waals surface area contributed by atoms with Crippen LogP contribution in [0.3, 0.4) is 0 Å². The van der Waals surface area contributed by atoms with Gasteiger partial charge in [0.15, 0.2) is 9.50 Å². The molecule has 0 spiro atoms. The van der Waals surface area contributed by atoms with E-state index in [1.54, 1.807) is 18.2 Å². The summed E-state index contributed by atoms with van der Waals surface area (Å²) in [7, 11) is 1.94. The molecular weight excluding hydrogens is 398 g/mol. The van der Waals surface area contributed by atoms with Crippen LogP contribution in [0.5, 0.6) is 0 Å². The van der Waals surface area contributed by atoms with Crippen molar-refractivity contribution >= 4 is 39.3 Å². The number of nitrogens with zero attached hydrogens (tertiary/aromatic N) is 6. The SMILES string of the molecule is Cn1c(Sc2nc3ccc(C(=O)O)cc3s2)nnc1C(C)(C)C.c1nc[nH]n1. The minimum atomic E-state index is -0.933. The Balaban J connectivity index is 0.000000391.